The topological polar surface area (TPSA) is 21.3 Å². The Balaban J connectivity index is 0.00000144. The maximum atomic E-state index is 13.0. The van der Waals surface area contributed by atoms with E-state index in [1.54, 1.807) is 0 Å². The van der Waals surface area contributed by atoms with Gasteiger partial charge in [-0.15, -0.1) is 12.4 Å². The van der Waals surface area contributed by atoms with Crippen molar-refractivity contribution in [3.63, 3.8) is 0 Å². The van der Waals surface area contributed by atoms with Crippen molar-refractivity contribution in [1.29, 1.82) is 0 Å². The minimum absolute atomic E-state index is 0. The van der Waals surface area contributed by atoms with Gasteiger partial charge >= 0.3 is 0 Å². The van der Waals surface area contributed by atoms with Crippen LogP contribution in [-0.4, -0.2) is 19.2 Å². The maximum Gasteiger partial charge on any atom is 0.162 e. The Labute approximate surface area is 113 Å². The lowest BCUT2D eigenvalue weighted by molar-refractivity contribution is 0.160. The molecular formula is C11H13BrClF2NO. The third kappa shape index (κ3) is 3.79. The van der Waals surface area contributed by atoms with Gasteiger partial charge in [0.2, 0.25) is 0 Å². The second-order valence-electron chi connectivity index (χ2n) is 3.76. The highest BCUT2D eigenvalue weighted by Gasteiger charge is 2.17. The van der Waals surface area contributed by atoms with E-state index >= 15 is 0 Å². The van der Waals surface area contributed by atoms with Crippen molar-refractivity contribution in [3.8, 4) is 5.75 Å². The molecule has 0 amide bonds. The average Bonchev–Trinajstić information content (AvgIpc) is 2.27. The quantitative estimate of drug-likeness (QED) is 0.841. The van der Waals surface area contributed by atoms with Gasteiger partial charge in [0, 0.05) is 6.07 Å². The van der Waals surface area contributed by atoms with Crippen LogP contribution >= 0.6 is 28.3 Å². The summed E-state index contributed by atoms with van der Waals surface area (Å²) in [6, 6.07) is 2.17. The van der Waals surface area contributed by atoms with E-state index in [1.165, 1.54) is 0 Å². The summed E-state index contributed by atoms with van der Waals surface area (Å²) in [6.45, 7) is 1.79. The molecule has 1 heterocycles. The number of benzene rings is 1. The normalized spacial score (nSPS) is 16.4. The van der Waals surface area contributed by atoms with Crippen molar-refractivity contribution in [2.24, 2.45) is 0 Å². The second-order valence-corrected chi connectivity index (χ2v) is 4.62. The van der Waals surface area contributed by atoms with Crippen molar-refractivity contribution in [2.75, 3.05) is 13.1 Å². The number of piperidine rings is 1. The Morgan fingerprint density at radius 3 is 2.41 bits per heavy atom. The summed E-state index contributed by atoms with van der Waals surface area (Å²) in [5.41, 5.74) is 0. The summed E-state index contributed by atoms with van der Waals surface area (Å²) in [5.74, 6) is -1.39. The number of rotatable bonds is 2. The van der Waals surface area contributed by atoms with Gasteiger partial charge in [-0.2, -0.15) is 0 Å². The largest absolute Gasteiger partial charge is 0.489 e. The standard InChI is InChI=1S/C11H12BrF2NO.ClH/c12-8-5-9(13)10(14)6-11(8)16-7-1-3-15-4-2-7;/h5-7,15H,1-4H2;1H. The average molecular weight is 329 g/mol. The van der Waals surface area contributed by atoms with Crippen LogP contribution in [0.4, 0.5) is 8.78 Å². The highest BCUT2D eigenvalue weighted by molar-refractivity contribution is 9.10. The predicted molar refractivity (Wildman–Crippen MR) is 67.8 cm³/mol. The zero-order chi connectivity index (χ0) is 11.5. The van der Waals surface area contributed by atoms with E-state index in [9.17, 15) is 8.78 Å². The van der Waals surface area contributed by atoms with Crippen molar-refractivity contribution in [3.05, 3.63) is 28.2 Å². The fraction of sp³-hybridized carbons (Fsp3) is 0.455. The molecule has 96 valence electrons. The third-order valence-corrected chi connectivity index (χ3v) is 3.17. The first-order valence-electron chi connectivity index (χ1n) is 5.19. The van der Waals surface area contributed by atoms with E-state index in [0.717, 1.165) is 38.1 Å². The first kappa shape index (κ1) is 14.7. The summed E-state index contributed by atoms with van der Waals surface area (Å²) < 4.78 is 32.0. The number of halogens is 4. The maximum absolute atomic E-state index is 13.0. The molecule has 1 aromatic rings. The van der Waals surface area contributed by atoms with Gasteiger partial charge in [0.1, 0.15) is 11.9 Å². The first-order valence-corrected chi connectivity index (χ1v) is 5.98. The molecule has 0 saturated carbocycles. The van der Waals surface area contributed by atoms with Gasteiger partial charge in [-0.25, -0.2) is 8.78 Å². The summed E-state index contributed by atoms with van der Waals surface area (Å²) in [6.07, 6.45) is 1.83. The van der Waals surface area contributed by atoms with Gasteiger partial charge in [-0.05, 0) is 47.9 Å². The van der Waals surface area contributed by atoms with E-state index in [1.807, 2.05) is 0 Å². The van der Waals surface area contributed by atoms with E-state index in [0.29, 0.717) is 10.2 Å². The van der Waals surface area contributed by atoms with Gasteiger partial charge in [0.15, 0.2) is 11.6 Å². The van der Waals surface area contributed by atoms with E-state index in [2.05, 4.69) is 21.2 Å². The Morgan fingerprint density at radius 1 is 1.18 bits per heavy atom. The molecule has 0 aliphatic carbocycles. The molecule has 0 radical (unpaired) electrons. The molecule has 1 fully saturated rings. The summed E-state index contributed by atoms with van der Waals surface area (Å²) in [4.78, 5) is 0. The summed E-state index contributed by atoms with van der Waals surface area (Å²) >= 11 is 3.16. The van der Waals surface area contributed by atoms with Crippen LogP contribution in [0.3, 0.4) is 0 Å². The smallest absolute Gasteiger partial charge is 0.162 e. The zero-order valence-corrected chi connectivity index (χ0v) is 11.4. The molecule has 2 nitrogen and oxygen atoms in total. The molecule has 0 unspecified atom stereocenters. The monoisotopic (exact) mass is 327 g/mol. The second kappa shape index (κ2) is 6.52. The van der Waals surface area contributed by atoms with Crippen molar-refractivity contribution < 1.29 is 13.5 Å². The van der Waals surface area contributed by atoms with Crippen molar-refractivity contribution in [2.45, 2.75) is 18.9 Å². The number of nitrogens with one attached hydrogen (secondary N) is 1. The first-order chi connectivity index (χ1) is 7.66. The van der Waals surface area contributed by atoms with Crippen LogP contribution in [-0.2, 0) is 0 Å². The molecule has 0 aromatic heterocycles. The van der Waals surface area contributed by atoms with E-state index < -0.39 is 11.6 Å². The van der Waals surface area contributed by atoms with Crippen LogP contribution in [0.25, 0.3) is 0 Å². The highest BCUT2D eigenvalue weighted by Crippen LogP contribution is 2.29. The molecule has 2 rings (SSSR count). The zero-order valence-electron chi connectivity index (χ0n) is 9.01. The van der Waals surface area contributed by atoms with Crippen LogP contribution in [0.5, 0.6) is 5.75 Å². The van der Waals surface area contributed by atoms with Crippen LogP contribution in [0.15, 0.2) is 16.6 Å². The summed E-state index contributed by atoms with van der Waals surface area (Å²) in [5, 5.41) is 3.21. The van der Waals surface area contributed by atoms with Gasteiger partial charge in [-0.1, -0.05) is 0 Å². The van der Waals surface area contributed by atoms with Gasteiger partial charge in [-0.3, -0.25) is 0 Å². The summed E-state index contributed by atoms with van der Waals surface area (Å²) in [7, 11) is 0. The SMILES string of the molecule is Cl.Fc1cc(Br)c(OC2CCNCC2)cc1F. The Bertz CT molecular complexity index is 386. The molecule has 17 heavy (non-hydrogen) atoms. The van der Waals surface area contributed by atoms with Crippen molar-refractivity contribution >= 4 is 28.3 Å². The molecule has 1 aromatic carbocycles. The van der Waals surface area contributed by atoms with Gasteiger partial charge in [0.25, 0.3) is 0 Å². The Hall–Kier alpha value is -0.390. The lowest BCUT2D eigenvalue weighted by Gasteiger charge is -2.24. The van der Waals surface area contributed by atoms with E-state index in [4.69, 9.17) is 4.74 Å². The van der Waals surface area contributed by atoms with Crippen LogP contribution in [0, 0.1) is 11.6 Å². The minimum Gasteiger partial charge on any atom is -0.489 e. The Kier molecular flexibility index (Phi) is 5.62. The fourth-order valence-corrected chi connectivity index (χ4v) is 2.10. The van der Waals surface area contributed by atoms with Crippen LogP contribution < -0.4 is 10.1 Å². The fourth-order valence-electron chi connectivity index (χ4n) is 1.69. The Morgan fingerprint density at radius 2 is 1.76 bits per heavy atom. The molecule has 1 aliphatic heterocycles. The number of hydrogen-bond donors (Lipinski definition) is 1. The molecule has 1 aliphatic rings. The molecule has 1 N–H and O–H groups in total. The number of ether oxygens (including phenoxy) is 1. The predicted octanol–water partition coefficient (Wildman–Crippen LogP) is 3.28. The third-order valence-electron chi connectivity index (χ3n) is 2.55. The van der Waals surface area contributed by atoms with Crippen molar-refractivity contribution in [1.82, 2.24) is 5.32 Å². The molecule has 1 saturated heterocycles. The minimum atomic E-state index is -0.882. The molecule has 0 atom stereocenters. The van der Waals surface area contributed by atoms with Crippen LogP contribution in [0.2, 0.25) is 0 Å². The lowest BCUT2D eigenvalue weighted by Crippen LogP contribution is -2.34. The van der Waals surface area contributed by atoms with E-state index in [-0.39, 0.29) is 18.5 Å². The van der Waals surface area contributed by atoms with Gasteiger partial charge < -0.3 is 10.1 Å². The molecular weight excluding hydrogens is 315 g/mol. The highest BCUT2D eigenvalue weighted by atomic mass is 79.9. The van der Waals surface area contributed by atoms with Crippen LogP contribution in [0.1, 0.15) is 12.8 Å². The lowest BCUT2D eigenvalue weighted by atomic mass is 10.1. The number of hydrogen-bond acceptors (Lipinski definition) is 2. The van der Waals surface area contributed by atoms with Gasteiger partial charge in [0.05, 0.1) is 4.47 Å². The molecule has 0 spiro atoms. The molecule has 6 heteroatoms. The molecule has 0 bridgehead atoms.